The molecule has 0 aromatic rings. The second kappa shape index (κ2) is 8.57. The summed E-state index contributed by atoms with van der Waals surface area (Å²) in [6, 6.07) is 0. The van der Waals surface area contributed by atoms with Crippen molar-refractivity contribution in [2.24, 2.45) is 45.3 Å². The van der Waals surface area contributed by atoms with Gasteiger partial charge in [-0.1, -0.05) is 41.2 Å². The summed E-state index contributed by atoms with van der Waals surface area (Å²) in [5.41, 5.74) is 0.822. The standard InChI is InChI=1S/C30H52O4/c1-19(2)22(34-33)12-18-30(8,32)21-11-16-28(6)20(21)9-10-24-27(5)15-14-25(31)26(3,4)23(27)13-17-29(24,28)7/h20-25,31-33H,1,9-18H2,2-8H3/t20-,21+,22-,23+,24-,25+,27+,28-,29-,30+/m1/s1. The molecule has 4 fully saturated rings. The molecule has 4 saturated carbocycles. The van der Waals surface area contributed by atoms with Crippen molar-refractivity contribution in [2.45, 2.75) is 130 Å². The summed E-state index contributed by atoms with van der Waals surface area (Å²) in [5, 5.41) is 31.8. The van der Waals surface area contributed by atoms with E-state index in [1.165, 1.54) is 32.1 Å². The molecule has 0 aliphatic heterocycles. The van der Waals surface area contributed by atoms with Gasteiger partial charge in [-0.25, -0.2) is 4.89 Å². The Hall–Kier alpha value is -0.420. The lowest BCUT2D eigenvalue weighted by molar-refractivity contribution is -0.271. The van der Waals surface area contributed by atoms with E-state index < -0.39 is 11.7 Å². The quantitative estimate of drug-likeness (QED) is 0.219. The van der Waals surface area contributed by atoms with Gasteiger partial charge in [-0.15, -0.1) is 0 Å². The zero-order chi connectivity index (χ0) is 25.3. The molecule has 0 spiro atoms. The summed E-state index contributed by atoms with van der Waals surface area (Å²) in [6.45, 7) is 20.2. The molecule has 4 nitrogen and oxygen atoms in total. The van der Waals surface area contributed by atoms with Crippen LogP contribution in [-0.2, 0) is 4.89 Å². The molecule has 0 amide bonds. The van der Waals surface area contributed by atoms with Crippen LogP contribution < -0.4 is 0 Å². The fraction of sp³-hybridized carbons (Fsp3) is 0.933. The van der Waals surface area contributed by atoms with Gasteiger partial charge in [-0.3, -0.25) is 5.26 Å². The maximum absolute atomic E-state index is 11.7. The zero-order valence-corrected chi connectivity index (χ0v) is 23.0. The normalized spacial score (nSPS) is 48.2. The molecule has 4 heteroatoms. The lowest BCUT2D eigenvalue weighted by Gasteiger charge is -2.70. The van der Waals surface area contributed by atoms with Crippen molar-refractivity contribution >= 4 is 0 Å². The van der Waals surface area contributed by atoms with Crippen molar-refractivity contribution in [2.75, 3.05) is 0 Å². The van der Waals surface area contributed by atoms with E-state index in [2.05, 4.69) is 46.1 Å². The Morgan fingerprint density at radius 1 is 0.971 bits per heavy atom. The lowest BCUT2D eigenvalue weighted by atomic mass is 9.35. The minimum Gasteiger partial charge on any atom is -0.393 e. The van der Waals surface area contributed by atoms with Gasteiger partial charge in [0.1, 0.15) is 6.10 Å². The van der Waals surface area contributed by atoms with Crippen LogP contribution in [0.1, 0.15) is 113 Å². The summed E-state index contributed by atoms with van der Waals surface area (Å²) in [4.78, 5) is 4.64. The predicted octanol–water partition coefficient (Wildman–Crippen LogP) is 7.00. The zero-order valence-electron chi connectivity index (χ0n) is 23.0. The first kappa shape index (κ1) is 26.6. The van der Waals surface area contributed by atoms with Crippen LogP contribution in [0.5, 0.6) is 0 Å². The van der Waals surface area contributed by atoms with Gasteiger partial charge in [0.25, 0.3) is 0 Å². The Balaban J connectivity index is 1.58. The van der Waals surface area contributed by atoms with Crippen LogP contribution in [0.25, 0.3) is 0 Å². The van der Waals surface area contributed by atoms with Crippen molar-refractivity contribution in [3.05, 3.63) is 12.2 Å². The number of rotatable bonds is 6. The molecule has 0 aromatic carbocycles. The summed E-state index contributed by atoms with van der Waals surface area (Å²) < 4.78 is 0. The van der Waals surface area contributed by atoms with E-state index in [1.807, 2.05) is 13.8 Å². The molecular weight excluding hydrogens is 424 g/mol. The molecule has 0 heterocycles. The van der Waals surface area contributed by atoms with E-state index in [-0.39, 0.29) is 33.7 Å². The van der Waals surface area contributed by atoms with E-state index >= 15 is 0 Å². The van der Waals surface area contributed by atoms with Crippen LogP contribution in [0.2, 0.25) is 0 Å². The van der Waals surface area contributed by atoms with Crippen LogP contribution in [0.3, 0.4) is 0 Å². The van der Waals surface area contributed by atoms with E-state index in [0.717, 1.165) is 24.8 Å². The third-order valence-corrected chi connectivity index (χ3v) is 12.8. The molecule has 196 valence electrons. The minimum absolute atomic E-state index is 0.0113. The molecule has 3 N–H and O–H groups in total. The first-order valence-corrected chi connectivity index (χ1v) is 14.0. The molecule has 0 saturated heterocycles. The van der Waals surface area contributed by atoms with Crippen molar-refractivity contribution in [3.63, 3.8) is 0 Å². The molecule has 0 unspecified atom stereocenters. The highest BCUT2D eigenvalue weighted by Crippen LogP contribution is 2.75. The average Bonchev–Trinajstić information content (AvgIpc) is 3.10. The number of hydrogen-bond acceptors (Lipinski definition) is 4. The second-order valence-corrected chi connectivity index (χ2v) is 14.5. The first-order valence-electron chi connectivity index (χ1n) is 14.0. The molecule has 0 aromatic heterocycles. The summed E-state index contributed by atoms with van der Waals surface area (Å²) in [7, 11) is 0. The Kier molecular flexibility index (Phi) is 6.71. The molecule has 4 aliphatic rings. The number of aliphatic hydroxyl groups excluding tert-OH is 1. The summed E-state index contributed by atoms with van der Waals surface area (Å²) >= 11 is 0. The second-order valence-electron chi connectivity index (χ2n) is 14.5. The van der Waals surface area contributed by atoms with Crippen LogP contribution in [0, 0.1) is 45.3 Å². The van der Waals surface area contributed by atoms with Gasteiger partial charge in [-0.05, 0) is 129 Å². The SMILES string of the molecule is C=C(C)[C@@H](CC[C@](C)(O)[C@H]1CC[C@]2(C)[C@@H]1CC[C@@H]1[C@@]3(C)CC[C@H](O)C(C)(C)[C@@H]3CC[C@]12C)OO. The van der Waals surface area contributed by atoms with Gasteiger partial charge in [0, 0.05) is 0 Å². The van der Waals surface area contributed by atoms with Gasteiger partial charge < -0.3 is 10.2 Å². The van der Waals surface area contributed by atoms with E-state index in [4.69, 9.17) is 0 Å². The van der Waals surface area contributed by atoms with Crippen molar-refractivity contribution in [1.29, 1.82) is 0 Å². The van der Waals surface area contributed by atoms with Crippen molar-refractivity contribution < 1.29 is 20.4 Å². The number of hydrogen-bond donors (Lipinski definition) is 3. The molecule has 4 rings (SSSR count). The molecular formula is C30H52O4. The van der Waals surface area contributed by atoms with E-state index in [9.17, 15) is 15.5 Å². The van der Waals surface area contributed by atoms with Crippen molar-refractivity contribution in [1.82, 2.24) is 0 Å². The largest absolute Gasteiger partial charge is 0.393 e. The number of aliphatic hydroxyl groups is 2. The monoisotopic (exact) mass is 476 g/mol. The van der Waals surface area contributed by atoms with Crippen LogP contribution >= 0.6 is 0 Å². The fourth-order valence-electron chi connectivity index (χ4n) is 10.5. The highest BCUT2D eigenvalue weighted by Gasteiger charge is 2.69. The Morgan fingerprint density at radius 2 is 1.62 bits per heavy atom. The smallest absolute Gasteiger partial charge is 0.113 e. The minimum atomic E-state index is -0.768. The van der Waals surface area contributed by atoms with Gasteiger partial charge in [0.05, 0.1) is 11.7 Å². The van der Waals surface area contributed by atoms with Gasteiger partial charge in [0.15, 0.2) is 0 Å². The van der Waals surface area contributed by atoms with Crippen molar-refractivity contribution in [3.8, 4) is 0 Å². The summed E-state index contributed by atoms with van der Waals surface area (Å²) in [5.74, 6) is 2.09. The highest BCUT2D eigenvalue weighted by atomic mass is 17.1. The molecule has 10 atom stereocenters. The number of fused-ring (bicyclic) bond motifs is 5. The lowest BCUT2D eigenvalue weighted by Crippen LogP contribution is -2.64. The Bertz CT molecular complexity index is 789. The first-order chi connectivity index (χ1) is 15.6. The fourth-order valence-corrected chi connectivity index (χ4v) is 10.5. The van der Waals surface area contributed by atoms with Gasteiger partial charge >= 0.3 is 0 Å². The molecule has 4 aliphatic carbocycles. The molecule has 34 heavy (non-hydrogen) atoms. The van der Waals surface area contributed by atoms with Gasteiger partial charge in [0.2, 0.25) is 0 Å². The summed E-state index contributed by atoms with van der Waals surface area (Å²) in [6.07, 6.45) is 9.87. The van der Waals surface area contributed by atoms with E-state index in [0.29, 0.717) is 30.6 Å². The maximum atomic E-state index is 11.7. The predicted molar refractivity (Wildman–Crippen MR) is 137 cm³/mol. The third-order valence-electron chi connectivity index (χ3n) is 12.8. The Labute approximate surface area is 208 Å². The maximum Gasteiger partial charge on any atom is 0.113 e. The van der Waals surface area contributed by atoms with E-state index in [1.54, 1.807) is 0 Å². The van der Waals surface area contributed by atoms with Crippen LogP contribution in [-0.4, -0.2) is 33.3 Å². The van der Waals surface area contributed by atoms with Crippen LogP contribution in [0.4, 0.5) is 0 Å². The highest BCUT2D eigenvalue weighted by molar-refractivity contribution is 5.18. The van der Waals surface area contributed by atoms with Crippen LogP contribution in [0.15, 0.2) is 12.2 Å². The topological polar surface area (TPSA) is 69.9 Å². The molecule has 0 bridgehead atoms. The third kappa shape index (κ3) is 3.68. The average molecular weight is 477 g/mol. The Morgan fingerprint density at radius 3 is 2.24 bits per heavy atom. The molecule has 0 radical (unpaired) electrons. The van der Waals surface area contributed by atoms with Gasteiger partial charge in [-0.2, -0.15) is 0 Å².